The van der Waals surface area contributed by atoms with Gasteiger partial charge >= 0.3 is 0 Å². The second kappa shape index (κ2) is 5.85. The zero-order valence-electron chi connectivity index (χ0n) is 15.3. The lowest BCUT2D eigenvalue weighted by Crippen LogP contribution is -2.45. The summed E-state index contributed by atoms with van der Waals surface area (Å²) < 4.78 is 15.3. The number of benzene rings is 1. The predicted octanol–water partition coefficient (Wildman–Crippen LogP) is 2.95. The minimum absolute atomic E-state index is 0.211. The van der Waals surface area contributed by atoms with Gasteiger partial charge in [0.05, 0.1) is 5.52 Å². The number of carbonyl (C=O) groups is 1. The first-order valence-electron chi connectivity index (χ1n) is 9.25. The molecule has 1 fully saturated rings. The highest BCUT2D eigenvalue weighted by Crippen LogP contribution is 2.39. The number of hydrogen-bond donors (Lipinski definition) is 2. The van der Waals surface area contributed by atoms with Crippen molar-refractivity contribution in [1.29, 1.82) is 0 Å². The molecule has 5 rings (SSSR count). The van der Waals surface area contributed by atoms with Crippen LogP contribution in [-0.2, 0) is 5.66 Å². The molecule has 28 heavy (non-hydrogen) atoms. The number of aryl methyl sites for hydroxylation is 1. The fourth-order valence-corrected chi connectivity index (χ4v) is 4.41. The summed E-state index contributed by atoms with van der Waals surface area (Å²) in [6, 6.07) is 5.87. The third kappa shape index (κ3) is 2.33. The first-order valence-corrected chi connectivity index (χ1v) is 9.25. The van der Waals surface area contributed by atoms with Crippen molar-refractivity contribution < 1.29 is 9.18 Å². The molecular formula is C20H18FN5O2. The molecule has 1 amide bonds. The van der Waals surface area contributed by atoms with Gasteiger partial charge in [0.1, 0.15) is 35.0 Å². The van der Waals surface area contributed by atoms with Crippen LogP contribution in [0.3, 0.4) is 0 Å². The van der Waals surface area contributed by atoms with E-state index >= 15 is 0 Å². The van der Waals surface area contributed by atoms with E-state index in [9.17, 15) is 14.0 Å². The van der Waals surface area contributed by atoms with Crippen LogP contribution < -0.4 is 16.2 Å². The van der Waals surface area contributed by atoms with Crippen molar-refractivity contribution in [3.8, 4) is 0 Å². The highest BCUT2D eigenvalue weighted by Gasteiger charge is 2.46. The van der Waals surface area contributed by atoms with E-state index in [-0.39, 0.29) is 11.5 Å². The van der Waals surface area contributed by atoms with Crippen LogP contribution in [0, 0.1) is 12.7 Å². The van der Waals surface area contributed by atoms with E-state index in [0.717, 1.165) is 25.7 Å². The number of halogens is 1. The topological polar surface area (TPSA) is 88.9 Å². The van der Waals surface area contributed by atoms with Gasteiger partial charge in [-0.1, -0.05) is 0 Å². The van der Waals surface area contributed by atoms with Crippen molar-refractivity contribution in [2.24, 2.45) is 0 Å². The molecule has 1 saturated carbocycles. The highest BCUT2D eigenvalue weighted by atomic mass is 19.1. The molecular weight excluding hydrogens is 361 g/mol. The molecule has 3 heterocycles. The molecule has 1 aliphatic heterocycles. The number of rotatable bonds is 2. The Hall–Kier alpha value is -3.29. The first-order chi connectivity index (χ1) is 13.5. The van der Waals surface area contributed by atoms with E-state index in [4.69, 9.17) is 0 Å². The number of hydrogen-bond acceptors (Lipinski definition) is 5. The second-order valence-electron chi connectivity index (χ2n) is 7.43. The first kappa shape index (κ1) is 16.9. The summed E-state index contributed by atoms with van der Waals surface area (Å²) in [4.78, 5) is 34.2. The second-order valence-corrected chi connectivity index (χ2v) is 7.43. The minimum atomic E-state index is -0.647. The molecule has 2 aliphatic rings. The molecule has 1 aliphatic carbocycles. The molecule has 142 valence electrons. The molecule has 0 bridgehead atoms. The Labute approximate surface area is 159 Å². The van der Waals surface area contributed by atoms with Crippen LogP contribution in [0.1, 0.15) is 41.7 Å². The number of fused-ring (bicyclic) bond motifs is 3. The van der Waals surface area contributed by atoms with E-state index in [1.54, 1.807) is 16.7 Å². The molecule has 2 aromatic heterocycles. The van der Waals surface area contributed by atoms with Crippen molar-refractivity contribution in [1.82, 2.24) is 19.9 Å². The molecule has 8 heteroatoms. The fourth-order valence-electron chi connectivity index (χ4n) is 4.41. The standard InChI is InChI=1S/C20H18FN5O2/c1-11-8-15(24-17-13-9-12(21)4-5-14(13)22-10-23-17)19(28)26-16(11)18(27)25-20(26)6-2-3-7-20/h4-5,8-10H,2-3,6-7H2,1H3,(H,25,27)(H,22,23,24). The van der Waals surface area contributed by atoms with Gasteiger partial charge in [-0.15, -0.1) is 0 Å². The molecule has 3 aromatic rings. The third-order valence-corrected chi connectivity index (χ3v) is 5.66. The summed E-state index contributed by atoms with van der Waals surface area (Å²) in [7, 11) is 0. The average Bonchev–Trinajstić information content (AvgIpc) is 3.24. The Morgan fingerprint density at radius 1 is 1.18 bits per heavy atom. The summed E-state index contributed by atoms with van der Waals surface area (Å²) in [5.41, 5.74) is 1.05. The van der Waals surface area contributed by atoms with Crippen LogP contribution in [0.5, 0.6) is 0 Å². The number of aromatic nitrogens is 3. The predicted molar refractivity (Wildman–Crippen MR) is 102 cm³/mol. The van der Waals surface area contributed by atoms with Gasteiger partial charge in [0.2, 0.25) is 0 Å². The zero-order chi connectivity index (χ0) is 19.5. The lowest BCUT2D eigenvalue weighted by Gasteiger charge is -2.26. The van der Waals surface area contributed by atoms with Crippen molar-refractivity contribution in [3.63, 3.8) is 0 Å². The normalized spacial score (nSPS) is 17.1. The fraction of sp³-hybridized carbons (Fsp3) is 0.300. The zero-order valence-corrected chi connectivity index (χ0v) is 15.3. The van der Waals surface area contributed by atoms with Crippen LogP contribution >= 0.6 is 0 Å². The molecule has 0 atom stereocenters. The largest absolute Gasteiger partial charge is 0.335 e. The van der Waals surface area contributed by atoms with Gasteiger partial charge in [-0.25, -0.2) is 14.4 Å². The van der Waals surface area contributed by atoms with Gasteiger partial charge < -0.3 is 10.6 Å². The summed E-state index contributed by atoms with van der Waals surface area (Å²) in [5.74, 6) is -0.274. The van der Waals surface area contributed by atoms with E-state index in [1.807, 2.05) is 6.92 Å². The lowest BCUT2D eigenvalue weighted by molar-refractivity contribution is 0.0920. The van der Waals surface area contributed by atoms with Gasteiger partial charge in [0.25, 0.3) is 11.5 Å². The number of carbonyl (C=O) groups excluding carboxylic acids is 1. The molecule has 0 unspecified atom stereocenters. The summed E-state index contributed by atoms with van der Waals surface area (Å²) in [6.07, 6.45) is 4.74. The maximum Gasteiger partial charge on any atom is 0.276 e. The average molecular weight is 379 g/mol. The van der Waals surface area contributed by atoms with Crippen molar-refractivity contribution in [2.75, 3.05) is 5.32 Å². The van der Waals surface area contributed by atoms with E-state index in [1.165, 1.54) is 18.5 Å². The van der Waals surface area contributed by atoms with Crippen LogP contribution in [0.25, 0.3) is 10.9 Å². The number of pyridine rings is 1. The molecule has 0 radical (unpaired) electrons. The van der Waals surface area contributed by atoms with Crippen LogP contribution in [0.15, 0.2) is 35.4 Å². The number of nitrogens with zero attached hydrogens (tertiary/aromatic N) is 3. The van der Waals surface area contributed by atoms with Crippen LogP contribution in [0.4, 0.5) is 15.9 Å². The van der Waals surface area contributed by atoms with Gasteiger partial charge in [-0.05, 0) is 62.4 Å². The van der Waals surface area contributed by atoms with Crippen molar-refractivity contribution >= 4 is 28.3 Å². The van der Waals surface area contributed by atoms with E-state index in [2.05, 4.69) is 20.6 Å². The van der Waals surface area contributed by atoms with Gasteiger partial charge in [0, 0.05) is 5.39 Å². The summed E-state index contributed by atoms with van der Waals surface area (Å²) >= 11 is 0. The molecule has 1 spiro atoms. The smallest absolute Gasteiger partial charge is 0.276 e. The van der Waals surface area contributed by atoms with E-state index in [0.29, 0.717) is 33.7 Å². The van der Waals surface area contributed by atoms with Crippen LogP contribution in [-0.4, -0.2) is 20.4 Å². The maximum absolute atomic E-state index is 13.7. The monoisotopic (exact) mass is 379 g/mol. The minimum Gasteiger partial charge on any atom is -0.335 e. The van der Waals surface area contributed by atoms with E-state index < -0.39 is 11.5 Å². The van der Waals surface area contributed by atoms with Gasteiger partial charge in [0.15, 0.2) is 0 Å². The maximum atomic E-state index is 13.7. The Balaban J connectivity index is 1.68. The van der Waals surface area contributed by atoms with Crippen molar-refractivity contribution in [2.45, 2.75) is 38.3 Å². The van der Waals surface area contributed by atoms with Gasteiger partial charge in [-0.3, -0.25) is 14.2 Å². The van der Waals surface area contributed by atoms with Gasteiger partial charge in [-0.2, -0.15) is 0 Å². The lowest BCUT2D eigenvalue weighted by atomic mass is 10.1. The molecule has 2 N–H and O–H groups in total. The number of amides is 1. The Bertz CT molecular complexity index is 1200. The summed E-state index contributed by atoms with van der Waals surface area (Å²) in [6.45, 7) is 1.81. The van der Waals surface area contributed by atoms with Crippen molar-refractivity contribution in [3.05, 3.63) is 58.0 Å². The Morgan fingerprint density at radius 2 is 1.96 bits per heavy atom. The highest BCUT2D eigenvalue weighted by molar-refractivity contribution is 5.97. The number of anilines is 2. The quantitative estimate of drug-likeness (QED) is 0.715. The molecule has 1 aromatic carbocycles. The Morgan fingerprint density at radius 3 is 2.75 bits per heavy atom. The molecule has 7 nitrogen and oxygen atoms in total. The third-order valence-electron chi connectivity index (χ3n) is 5.66. The summed E-state index contributed by atoms with van der Waals surface area (Å²) in [5, 5.41) is 6.55. The number of nitrogens with one attached hydrogen (secondary N) is 2. The Kier molecular flexibility index (Phi) is 3.52. The van der Waals surface area contributed by atoms with Crippen LogP contribution in [0.2, 0.25) is 0 Å². The molecule has 0 saturated heterocycles. The SMILES string of the molecule is Cc1cc(Nc2ncnc3ccc(F)cc23)c(=O)n2c1C(=O)NC21CCCC1.